The van der Waals surface area contributed by atoms with E-state index in [9.17, 15) is 18.4 Å². The molecule has 0 N–H and O–H groups in total. The average molecular weight is 547 g/mol. The Hall–Kier alpha value is -4.19. The van der Waals surface area contributed by atoms with Crippen molar-refractivity contribution < 1.29 is 42.1 Å². The molecule has 0 saturated heterocycles. The zero-order chi connectivity index (χ0) is 27.2. The molecule has 38 heavy (non-hydrogen) atoms. The third-order valence-corrected chi connectivity index (χ3v) is 6.62. The fraction of sp³-hybridized carbons (Fsp3) is 0.269. The van der Waals surface area contributed by atoms with Gasteiger partial charge >= 0.3 is 12.6 Å². The quantitative estimate of drug-likeness (QED) is 0.334. The van der Waals surface area contributed by atoms with E-state index in [1.165, 1.54) is 49.8 Å². The monoisotopic (exact) mass is 546 g/mol. The molecule has 2 aromatic carbocycles. The summed E-state index contributed by atoms with van der Waals surface area (Å²) in [5.41, 5.74) is 1.48. The van der Waals surface area contributed by atoms with Crippen molar-refractivity contribution in [3.8, 4) is 23.0 Å². The van der Waals surface area contributed by atoms with E-state index in [0.717, 1.165) is 22.2 Å². The van der Waals surface area contributed by atoms with E-state index in [0.29, 0.717) is 17.9 Å². The number of alkyl halides is 2. The zero-order valence-corrected chi connectivity index (χ0v) is 21.5. The Morgan fingerprint density at radius 1 is 1.00 bits per heavy atom. The average Bonchev–Trinajstić information content (AvgIpc) is 3.61. The highest BCUT2D eigenvalue weighted by molar-refractivity contribution is 7.12. The SMILES string of the molecule is COc1ccc([C@@H]2CC(c3cccs3)=NN2C(=O)COC(=O)c2ccc(OC(F)F)c(OC)c2)cc1OC. The van der Waals surface area contributed by atoms with E-state index >= 15 is 0 Å². The normalized spacial score (nSPS) is 14.7. The summed E-state index contributed by atoms with van der Waals surface area (Å²) in [6.45, 7) is -3.65. The Morgan fingerprint density at radius 3 is 2.37 bits per heavy atom. The largest absolute Gasteiger partial charge is 0.493 e. The molecule has 0 spiro atoms. The second-order valence-corrected chi connectivity index (χ2v) is 8.86. The molecule has 200 valence electrons. The number of amides is 1. The molecule has 0 aliphatic carbocycles. The number of carbonyl (C=O) groups is 2. The molecule has 0 fully saturated rings. The van der Waals surface area contributed by atoms with Gasteiger partial charge in [0.25, 0.3) is 5.91 Å². The van der Waals surface area contributed by atoms with Gasteiger partial charge in [-0.15, -0.1) is 11.3 Å². The molecule has 1 amide bonds. The third kappa shape index (κ3) is 5.86. The first-order valence-electron chi connectivity index (χ1n) is 11.3. The summed E-state index contributed by atoms with van der Waals surface area (Å²) in [5.74, 6) is -0.661. The number of ether oxygens (including phenoxy) is 5. The lowest BCUT2D eigenvalue weighted by Gasteiger charge is -2.23. The van der Waals surface area contributed by atoms with E-state index < -0.39 is 31.1 Å². The molecule has 9 nitrogen and oxygen atoms in total. The number of carbonyl (C=O) groups excluding carboxylic acids is 2. The minimum Gasteiger partial charge on any atom is -0.493 e. The highest BCUT2D eigenvalue weighted by atomic mass is 32.1. The van der Waals surface area contributed by atoms with Gasteiger partial charge in [-0.2, -0.15) is 13.9 Å². The predicted octanol–water partition coefficient (Wildman–Crippen LogP) is 4.91. The summed E-state index contributed by atoms with van der Waals surface area (Å²) in [5, 5.41) is 7.76. The van der Waals surface area contributed by atoms with E-state index in [-0.39, 0.29) is 17.1 Å². The van der Waals surface area contributed by atoms with Crippen LogP contribution in [-0.2, 0) is 9.53 Å². The van der Waals surface area contributed by atoms with Gasteiger partial charge in [0.1, 0.15) is 0 Å². The van der Waals surface area contributed by atoms with Gasteiger partial charge in [0.2, 0.25) is 0 Å². The van der Waals surface area contributed by atoms with Gasteiger partial charge in [-0.1, -0.05) is 12.1 Å². The number of hydrogen-bond acceptors (Lipinski definition) is 9. The summed E-state index contributed by atoms with van der Waals surface area (Å²) in [7, 11) is 4.30. The molecule has 0 saturated carbocycles. The van der Waals surface area contributed by atoms with Crippen LogP contribution in [0.3, 0.4) is 0 Å². The van der Waals surface area contributed by atoms with Crippen LogP contribution in [-0.4, -0.2) is 57.1 Å². The number of esters is 1. The smallest absolute Gasteiger partial charge is 0.387 e. The van der Waals surface area contributed by atoms with Crippen molar-refractivity contribution in [1.82, 2.24) is 5.01 Å². The molecule has 3 aromatic rings. The van der Waals surface area contributed by atoms with E-state index in [2.05, 4.69) is 9.84 Å². The molecule has 0 unspecified atom stereocenters. The Kier molecular flexibility index (Phi) is 8.41. The summed E-state index contributed by atoms with van der Waals surface area (Å²) in [4.78, 5) is 26.8. The van der Waals surface area contributed by atoms with Gasteiger partial charge in [-0.25, -0.2) is 9.80 Å². The Balaban J connectivity index is 1.53. The van der Waals surface area contributed by atoms with Crippen LogP contribution in [0, 0.1) is 0 Å². The van der Waals surface area contributed by atoms with Crippen molar-refractivity contribution in [1.29, 1.82) is 0 Å². The van der Waals surface area contributed by atoms with Crippen LogP contribution in [0.15, 0.2) is 59.0 Å². The van der Waals surface area contributed by atoms with Crippen molar-refractivity contribution >= 4 is 28.9 Å². The van der Waals surface area contributed by atoms with Gasteiger partial charge in [0.05, 0.1) is 43.5 Å². The summed E-state index contributed by atoms with van der Waals surface area (Å²) >= 11 is 1.50. The van der Waals surface area contributed by atoms with Crippen molar-refractivity contribution in [2.45, 2.75) is 19.1 Å². The summed E-state index contributed by atoms with van der Waals surface area (Å²) in [6.07, 6.45) is 0.443. The molecule has 0 radical (unpaired) electrons. The van der Waals surface area contributed by atoms with Crippen molar-refractivity contribution in [2.75, 3.05) is 27.9 Å². The van der Waals surface area contributed by atoms with Gasteiger partial charge in [0.15, 0.2) is 29.6 Å². The van der Waals surface area contributed by atoms with Crippen LogP contribution >= 0.6 is 11.3 Å². The molecular weight excluding hydrogens is 522 g/mol. The Morgan fingerprint density at radius 2 is 1.71 bits per heavy atom. The van der Waals surface area contributed by atoms with Gasteiger partial charge in [0, 0.05) is 6.42 Å². The molecule has 0 bridgehead atoms. The minimum atomic E-state index is -3.06. The molecule has 1 aromatic heterocycles. The van der Waals surface area contributed by atoms with Crippen molar-refractivity contribution in [3.63, 3.8) is 0 Å². The number of rotatable bonds is 10. The second kappa shape index (κ2) is 11.9. The molecule has 1 aliphatic rings. The zero-order valence-electron chi connectivity index (χ0n) is 20.7. The standard InChI is InChI=1S/C26H24F2N2O7S/c1-33-19-8-6-15(11-21(19)34-2)18-13-17(23-5-4-10-38-23)29-30(18)24(31)14-36-25(32)16-7-9-20(37-26(27)28)22(12-16)35-3/h4-12,18,26H,13-14H2,1-3H3/t18-/m0/s1. The Bertz CT molecular complexity index is 1330. The first-order chi connectivity index (χ1) is 18.3. The number of benzene rings is 2. The lowest BCUT2D eigenvalue weighted by molar-refractivity contribution is -0.136. The predicted molar refractivity (Wildman–Crippen MR) is 135 cm³/mol. The number of methoxy groups -OCH3 is 3. The highest BCUT2D eigenvalue weighted by Gasteiger charge is 2.34. The lowest BCUT2D eigenvalue weighted by atomic mass is 10.0. The second-order valence-electron chi connectivity index (χ2n) is 7.92. The number of thiophene rings is 1. The van der Waals surface area contributed by atoms with E-state index in [1.54, 1.807) is 12.1 Å². The topological polar surface area (TPSA) is 95.9 Å². The molecule has 12 heteroatoms. The fourth-order valence-corrected chi connectivity index (χ4v) is 4.64. The van der Waals surface area contributed by atoms with Crippen LogP contribution in [0.4, 0.5) is 8.78 Å². The first kappa shape index (κ1) is 26.9. The number of hydrazone groups is 1. The van der Waals surface area contributed by atoms with Crippen LogP contribution in [0.25, 0.3) is 0 Å². The molecule has 2 heterocycles. The van der Waals surface area contributed by atoms with Crippen LogP contribution in [0.5, 0.6) is 23.0 Å². The van der Waals surface area contributed by atoms with Crippen LogP contribution in [0.2, 0.25) is 0 Å². The van der Waals surface area contributed by atoms with Crippen molar-refractivity contribution in [2.24, 2.45) is 5.10 Å². The minimum absolute atomic E-state index is 0.00287. The van der Waals surface area contributed by atoms with E-state index in [4.69, 9.17) is 18.9 Å². The van der Waals surface area contributed by atoms with E-state index in [1.807, 2.05) is 23.6 Å². The van der Waals surface area contributed by atoms with Crippen LogP contribution in [0.1, 0.15) is 33.3 Å². The maximum atomic E-state index is 13.2. The van der Waals surface area contributed by atoms with Gasteiger partial charge in [-0.3, -0.25) is 4.79 Å². The van der Waals surface area contributed by atoms with Crippen LogP contribution < -0.4 is 18.9 Å². The molecule has 4 rings (SSSR count). The van der Waals surface area contributed by atoms with Gasteiger partial charge in [-0.05, 0) is 47.3 Å². The summed E-state index contributed by atoms with van der Waals surface area (Å²) < 4.78 is 50.5. The fourth-order valence-electron chi connectivity index (χ4n) is 3.92. The number of hydrogen-bond donors (Lipinski definition) is 0. The Labute approximate surface area is 221 Å². The highest BCUT2D eigenvalue weighted by Crippen LogP contribution is 2.38. The number of halogens is 2. The maximum Gasteiger partial charge on any atom is 0.387 e. The maximum absolute atomic E-state index is 13.2. The first-order valence-corrected chi connectivity index (χ1v) is 12.2. The van der Waals surface area contributed by atoms with Crippen molar-refractivity contribution in [3.05, 3.63) is 69.9 Å². The molecular formula is C26H24F2N2O7S. The molecule has 1 atom stereocenters. The lowest BCUT2D eigenvalue weighted by Crippen LogP contribution is -2.31. The third-order valence-electron chi connectivity index (χ3n) is 5.71. The summed E-state index contributed by atoms with van der Waals surface area (Å²) in [6, 6.07) is 12.3. The van der Waals surface area contributed by atoms with Gasteiger partial charge < -0.3 is 23.7 Å². The number of nitrogens with zero attached hydrogens (tertiary/aromatic N) is 2. The molecule has 1 aliphatic heterocycles.